The molecule has 0 spiro atoms. The highest BCUT2D eigenvalue weighted by molar-refractivity contribution is 5.35. The molecule has 1 nitrogen and oxygen atoms in total. The molecule has 0 bridgehead atoms. The van der Waals surface area contributed by atoms with Crippen LogP contribution in [0.1, 0.15) is 31.7 Å². The lowest BCUT2D eigenvalue weighted by molar-refractivity contribution is 0.499. The van der Waals surface area contributed by atoms with Gasteiger partial charge in [0.2, 0.25) is 0 Å². The lowest BCUT2D eigenvalue weighted by Crippen LogP contribution is -2.30. The predicted molar refractivity (Wildman–Crippen MR) is 62.8 cm³/mol. The van der Waals surface area contributed by atoms with E-state index in [4.69, 9.17) is 0 Å². The molecule has 3 rings (SSSR count). The third-order valence-corrected chi connectivity index (χ3v) is 4.20. The van der Waals surface area contributed by atoms with E-state index in [-0.39, 0.29) is 5.41 Å². The Morgan fingerprint density at radius 3 is 2.59 bits per heavy atom. The second-order valence-corrected chi connectivity index (χ2v) is 5.54. The van der Waals surface area contributed by atoms with E-state index in [1.807, 2.05) is 0 Å². The third kappa shape index (κ3) is 1.97. The van der Waals surface area contributed by atoms with E-state index < -0.39 is 11.6 Å². The zero-order valence-corrected chi connectivity index (χ0v) is 9.97. The van der Waals surface area contributed by atoms with Crippen LogP contribution in [0.5, 0.6) is 0 Å². The molecule has 0 saturated heterocycles. The highest BCUT2D eigenvalue weighted by Gasteiger charge is 2.53. The zero-order valence-electron chi connectivity index (χ0n) is 9.97. The molecule has 0 aromatic heterocycles. The summed E-state index contributed by atoms with van der Waals surface area (Å²) in [6, 6.07) is 4.60. The summed E-state index contributed by atoms with van der Waals surface area (Å²) >= 11 is 0. The van der Waals surface area contributed by atoms with Crippen molar-refractivity contribution in [2.24, 2.45) is 5.92 Å². The zero-order chi connectivity index (χ0) is 12.0. The van der Waals surface area contributed by atoms with Crippen molar-refractivity contribution < 1.29 is 8.78 Å². The summed E-state index contributed by atoms with van der Waals surface area (Å²) in [6.45, 7) is 2.96. The van der Waals surface area contributed by atoms with E-state index in [0.717, 1.165) is 19.0 Å². The van der Waals surface area contributed by atoms with E-state index in [0.29, 0.717) is 17.5 Å². The lowest BCUT2D eigenvalue weighted by atomic mass is 9.92. The number of rotatable bonds is 4. The second-order valence-electron chi connectivity index (χ2n) is 5.54. The van der Waals surface area contributed by atoms with Crippen molar-refractivity contribution in [2.45, 2.75) is 37.6 Å². The van der Waals surface area contributed by atoms with Crippen LogP contribution in [0.25, 0.3) is 0 Å². The first kappa shape index (κ1) is 11.1. The molecule has 3 heteroatoms. The largest absolute Gasteiger partial charge is 0.313 e. The minimum Gasteiger partial charge on any atom is -0.313 e. The van der Waals surface area contributed by atoms with Crippen LogP contribution in [-0.2, 0) is 5.41 Å². The Morgan fingerprint density at radius 1 is 1.35 bits per heavy atom. The minimum atomic E-state index is -0.496. The summed E-state index contributed by atoms with van der Waals surface area (Å²) in [4.78, 5) is 0. The number of hydrogen-bond acceptors (Lipinski definition) is 1. The summed E-state index contributed by atoms with van der Waals surface area (Å²) in [5, 5.41) is 3.47. The molecule has 1 N–H and O–H groups in total. The maximum atomic E-state index is 13.8. The summed E-state index contributed by atoms with van der Waals surface area (Å²) < 4.78 is 26.8. The van der Waals surface area contributed by atoms with Crippen LogP contribution in [0.3, 0.4) is 0 Å². The van der Waals surface area contributed by atoms with Gasteiger partial charge in [-0.3, -0.25) is 0 Å². The molecule has 2 aliphatic rings. The van der Waals surface area contributed by atoms with Crippen LogP contribution in [0.15, 0.2) is 18.2 Å². The first-order valence-corrected chi connectivity index (χ1v) is 6.31. The monoisotopic (exact) mass is 237 g/mol. The van der Waals surface area contributed by atoms with E-state index in [1.165, 1.54) is 18.9 Å². The van der Waals surface area contributed by atoms with Gasteiger partial charge in [0.15, 0.2) is 0 Å². The molecular formula is C14H17F2N. The molecule has 0 radical (unpaired) electrons. The standard InChI is InChI=1S/C14H17F2N/c1-9-7-14(9,8-17-11-3-4-11)12-5-2-10(15)6-13(12)16/h2,5-6,9,11,17H,3-4,7-8H2,1H3. The average Bonchev–Trinajstić information content (AvgIpc) is 3.14. The molecule has 2 aliphatic carbocycles. The Balaban J connectivity index is 1.83. The Hall–Kier alpha value is -0.960. The molecule has 1 aromatic rings. The fourth-order valence-electron chi connectivity index (χ4n) is 2.71. The Labute approximate surface area is 100 Å². The molecule has 92 valence electrons. The predicted octanol–water partition coefficient (Wildman–Crippen LogP) is 2.99. The van der Waals surface area contributed by atoms with Crippen molar-refractivity contribution >= 4 is 0 Å². The average molecular weight is 237 g/mol. The Morgan fingerprint density at radius 2 is 2.06 bits per heavy atom. The van der Waals surface area contributed by atoms with Gasteiger partial charge in [-0.05, 0) is 36.8 Å². The molecule has 17 heavy (non-hydrogen) atoms. The van der Waals surface area contributed by atoms with Gasteiger partial charge in [-0.1, -0.05) is 13.0 Å². The summed E-state index contributed by atoms with van der Waals surface area (Å²) in [7, 11) is 0. The van der Waals surface area contributed by atoms with Gasteiger partial charge in [-0.25, -0.2) is 8.78 Å². The molecule has 2 atom stereocenters. The molecular weight excluding hydrogens is 220 g/mol. The molecule has 1 aromatic carbocycles. The first-order chi connectivity index (χ1) is 8.12. The van der Waals surface area contributed by atoms with Gasteiger partial charge in [0, 0.05) is 24.1 Å². The van der Waals surface area contributed by atoms with Crippen molar-refractivity contribution in [3.05, 3.63) is 35.4 Å². The second kappa shape index (κ2) is 3.77. The Bertz CT molecular complexity index is 442. The van der Waals surface area contributed by atoms with E-state index in [1.54, 1.807) is 6.07 Å². The van der Waals surface area contributed by atoms with Gasteiger partial charge >= 0.3 is 0 Å². The van der Waals surface area contributed by atoms with Crippen LogP contribution in [0, 0.1) is 17.6 Å². The van der Waals surface area contributed by atoms with E-state index >= 15 is 0 Å². The fourth-order valence-corrected chi connectivity index (χ4v) is 2.71. The summed E-state index contributed by atoms with van der Waals surface area (Å²) in [5.74, 6) is -0.412. The van der Waals surface area contributed by atoms with Gasteiger partial charge < -0.3 is 5.32 Å². The lowest BCUT2D eigenvalue weighted by Gasteiger charge is -2.19. The quantitative estimate of drug-likeness (QED) is 0.849. The third-order valence-electron chi connectivity index (χ3n) is 4.20. The molecule has 2 fully saturated rings. The number of halogens is 2. The van der Waals surface area contributed by atoms with E-state index in [2.05, 4.69) is 12.2 Å². The van der Waals surface area contributed by atoms with Gasteiger partial charge in [-0.15, -0.1) is 0 Å². The number of benzene rings is 1. The molecule has 0 amide bonds. The fraction of sp³-hybridized carbons (Fsp3) is 0.571. The van der Waals surface area contributed by atoms with Crippen LogP contribution in [0.4, 0.5) is 8.78 Å². The van der Waals surface area contributed by atoms with Crippen molar-refractivity contribution in [3.8, 4) is 0 Å². The molecule has 2 unspecified atom stereocenters. The van der Waals surface area contributed by atoms with Crippen molar-refractivity contribution in [3.63, 3.8) is 0 Å². The molecule has 0 aliphatic heterocycles. The van der Waals surface area contributed by atoms with Crippen LogP contribution < -0.4 is 5.32 Å². The normalized spacial score (nSPS) is 31.6. The number of hydrogen-bond donors (Lipinski definition) is 1. The maximum Gasteiger partial charge on any atom is 0.129 e. The molecule has 0 heterocycles. The van der Waals surface area contributed by atoms with Gasteiger partial charge in [0.25, 0.3) is 0 Å². The van der Waals surface area contributed by atoms with Gasteiger partial charge in [0.1, 0.15) is 11.6 Å². The van der Waals surface area contributed by atoms with Crippen molar-refractivity contribution in [1.82, 2.24) is 5.32 Å². The SMILES string of the molecule is CC1CC1(CNC1CC1)c1ccc(F)cc1F. The van der Waals surface area contributed by atoms with Crippen LogP contribution in [0.2, 0.25) is 0 Å². The minimum absolute atomic E-state index is 0.0969. The maximum absolute atomic E-state index is 13.8. The smallest absolute Gasteiger partial charge is 0.129 e. The van der Waals surface area contributed by atoms with Crippen molar-refractivity contribution in [2.75, 3.05) is 6.54 Å². The topological polar surface area (TPSA) is 12.0 Å². The highest BCUT2D eigenvalue weighted by Crippen LogP contribution is 2.54. The van der Waals surface area contributed by atoms with Crippen molar-refractivity contribution in [1.29, 1.82) is 0 Å². The summed E-state index contributed by atoms with van der Waals surface area (Å²) in [5.41, 5.74) is 0.583. The Kier molecular flexibility index (Phi) is 2.47. The highest BCUT2D eigenvalue weighted by atomic mass is 19.1. The molecule has 2 saturated carbocycles. The number of nitrogens with one attached hydrogen (secondary N) is 1. The summed E-state index contributed by atoms with van der Waals surface area (Å²) in [6.07, 6.45) is 3.46. The van der Waals surface area contributed by atoms with Crippen LogP contribution >= 0.6 is 0 Å². The first-order valence-electron chi connectivity index (χ1n) is 6.31. The van der Waals surface area contributed by atoms with Gasteiger partial charge in [0.05, 0.1) is 0 Å². The van der Waals surface area contributed by atoms with Crippen LogP contribution in [-0.4, -0.2) is 12.6 Å². The van der Waals surface area contributed by atoms with Gasteiger partial charge in [-0.2, -0.15) is 0 Å². The van der Waals surface area contributed by atoms with E-state index in [9.17, 15) is 8.78 Å².